The first-order chi connectivity index (χ1) is 28.9. The van der Waals surface area contributed by atoms with Crippen molar-refractivity contribution in [2.24, 2.45) is 5.41 Å². The summed E-state index contributed by atoms with van der Waals surface area (Å²) in [5, 5.41) is 11.9. The van der Waals surface area contributed by atoms with Crippen LogP contribution in [0, 0.1) is 16.7 Å². The minimum Gasteiger partial charge on any atom is -0.490 e. The third kappa shape index (κ3) is 9.34. The number of likely N-dealkylation sites (tertiary alicyclic amines) is 2. The number of aromatic nitrogens is 1. The van der Waals surface area contributed by atoms with Gasteiger partial charge in [-0.2, -0.15) is 31.6 Å². The maximum atomic E-state index is 15.1. The molecule has 2 aliphatic heterocycles. The van der Waals surface area contributed by atoms with Gasteiger partial charge in [-0.1, -0.05) is 38.0 Å². The van der Waals surface area contributed by atoms with Crippen LogP contribution in [0.5, 0.6) is 11.5 Å². The number of halogens is 6. The van der Waals surface area contributed by atoms with Crippen molar-refractivity contribution in [1.29, 1.82) is 5.26 Å². The van der Waals surface area contributed by atoms with Gasteiger partial charge in [0.1, 0.15) is 16.4 Å². The molecule has 3 aliphatic rings. The van der Waals surface area contributed by atoms with Crippen molar-refractivity contribution in [3.8, 4) is 17.6 Å². The van der Waals surface area contributed by atoms with E-state index in [2.05, 4.69) is 11.1 Å². The van der Waals surface area contributed by atoms with Crippen molar-refractivity contribution in [3.05, 3.63) is 75.7 Å². The van der Waals surface area contributed by atoms with Crippen LogP contribution in [-0.2, 0) is 32.1 Å². The highest BCUT2D eigenvalue weighted by molar-refractivity contribution is 7.10. The summed E-state index contributed by atoms with van der Waals surface area (Å²) < 4.78 is 102. The zero-order chi connectivity index (χ0) is 44.2. The number of ether oxygens (including phenoxy) is 3. The normalized spacial score (nSPS) is 21.7. The van der Waals surface area contributed by atoms with E-state index in [1.165, 1.54) is 9.80 Å². The number of benzene rings is 1. The molecule has 2 saturated heterocycles. The minimum absolute atomic E-state index is 0.0223. The topological polar surface area (TPSA) is 122 Å². The highest BCUT2D eigenvalue weighted by Crippen LogP contribution is 2.48. The van der Waals surface area contributed by atoms with Crippen molar-refractivity contribution in [3.63, 3.8) is 0 Å². The lowest BCUT2D eigenvalue weighted by Crippen LogP contribution is -2.68. The van der Waals surface area contributed by atoms with Gasteiger partial charge in [0.05, 0.1) is 46.8 Å². The van der Waals surface area contributed by atoms with Gasteiger partial charge in [0.25, 0.3) is 11.8 Å². The third-order valence-corrected chi connectivity index (χ3v) is 13.4. The molecule has 0 spiro atoms. The van der Waals surface area contributed by atoms with Gasteiger partial charge in [0.15, 0.2) is 0 Å². The molecule has 61 heavy (non-hydrogen) atoms. The van der Waals surface area contributed by atoms with Gasteiger partial charge >= 0.3 is 18.3 Å². The van der Waals surface area contributed by atoms with Crippen LogP contribution in [0.3, 0.4) is 0 Å². The lowest BCUT2D eigenvalue weighted by molar-refractivity contribution is -0.162. The average Bonchev–Trinajstić information content (AvgIpc) is 3.70. The molecule has 1 saturated carbocycles. The van der Waals surface area contributed by atoms with Crippen molar-refractivity contribution >= 4 is 29.1 Å². The molecule has 2 aromatic heterocycles. The summed E-state index contributed by atoms with van der Waals surface area (Å²) in [5.74, 6) is -1.62. The highest BCUT2D eigenvalue weighted by Gasteiger charge is 2.57. The summed E-state index contributed by atoms with van der Waals surface area (Å²) in [5.41, 5.74) is -4.92. The smallest absolute Gasteiger partial charge is 0.425 e. The standard InChI is InChI=1S/C44H50F6N4O6S/c1-4-10-35-42(60-30-25-36(61-27-30)44(48,49)50,17-9-22-54(35)37(55)31-26-52-21-14-32(31)43(45,46)47)38(56)53-23-19-41(28-51,20-24-53)33-11-6-7-12-34(33)59-29(3)13-18-40(15-8-16-40)39(57)58-5-2/h6-7,11-12,14,21,25-27,29,35H,4-5,8-10,13,15-20,22-24H2,1-3H3/t29?,35-,42+/m1/s1. The summed E-state index contributed by atoms with van der Waals surface area (Å²) in [4.78, 5) is 47.5. The number of esters is 1. The van der Waals surface area contributed by atoms with Crippen molar-refractivity contribution in [1.82, 2.24) is 14.8 Å². The fourth-order valence-electron chi connectivity index (χ4n) is 9.07. The predicted molar refractivity (Wildman–Crippen MR) is 213 cm³/mol. The molecular weight excluding hydrogens is 827 g/mol. The van der Waals surface area contributed by atoms with E-state index < -0.39 is 62.6 Å². The zero-order valence-corrected chi connectivity index (χ0v) is 35.2. The van der Waals surface area contributed by atoms with Gasteiger partial charge in [-0.3, -0.25) is 19.4 Å². The Morgan fingerprint density at radius 3 is 2.31 bits per heavy atom. The van der Waals surface area contributed by atoms with Crippen LogP contribution in [-0.4, -0.2) is 76.6 Å². The number of carbonyl (C=O) groups excluding carboxylic acids is 3. The number of carbonyl (C=O) groups is 3. The summed E-state index contributed by atoms with van der Waals surface area (Å²) in [6.07, 6.45) is -3.77. The Balaban J connectivity index is 1.28. The number of thiophene rings is 1. The zero-order valence-electron chi connectivity index (χ0n) is 34.4. The van der Waals surface area contributed by atoms with Crippen molar-refractivity contribution < 1.29 is 54.9 Å². The van der Waals surface area contributed by atoms with E-state index in [1.54, 1.807) is 32.0 Å². The number of rotatable bonds is 14. The molecule has 1 aromatic carbocycles. The number of para-hydroxylation sites is 1. The van der Waals surface area contributed by atoms with Gasteiger partial charge in [-0.25, -0.2) is 0 Å². The van der Waals surface area contributed by atoms with Crippen molar-refractivity contribution in [2.45, 2.75) is 127 Å². The van der Waals surface area contributed by atoms with Gasteiger partial charge < -0.3 is 24.0 Å². The highest BCUT2D eigenvalue weighted by atomic mass is 32.1. The van der Waals surface area contributed by atoms with Crippen LogP contribution in [0.25, 0.3) is 0 Å². The van der Waals surface area contributed by atoms with Crippen LogP contribution in [0.4, 0.5) is 26.3 Å². The summed E-state index contributed by atoms with van der Waals surface area (Å²) in [6.45, 7) is 5.76. The fraction of sp³-hybridized carbons (Fsp3) is 0.568. The fourth-order valence-corrected chi connectivity index (χ4v) is 9.74. The first-order valence-electron chi connectivity index (χ1n) is 20.7. The maximum absolute atomic E-state index is 15.1. The van der Waals surface area contributed by atoms with E-state index in [0.29, 0.717) is 54.6 Å². The number of hydrogen-bond acceptors (Lipinski definition) is 9. The Morgan fingerprint density at radius 2 is 1.70 bits per heavy atom. The molecule has 0 N–H and O–H groups in total. The van der Waals surface area contributed by atoms with E-state index in [4.69, 9.17) is 14.2 Å². The molecule has 0 bridgehead atoms. The number of piperidine rings is 2. The summed E-state index contributed by atoms with van der Waals surface area (Å²) in [7, 11) is 0. The first-order valence-corrected chi connectivity index (χ1v) is 21.6. The molecule has 4 heterocycles. The van der Waals surface area contributed by atoms with Crippen LogP contribution in [0.15, 0.2) is 54.2 Å². The molecule has 1 unspecified atom stereocenters. The molecule has 1 aliphatic carbocycles. The Hall–Kier alpha value is -4.85. The summed E-state index contributed by atoms with van der Waals surface area (Å²) >= 11 is 0.374. The molecule has 3 atom stereocenters. The molecule has 17 heteroatoms. The van der Waals surface area contributed by atoms with Gasteiger partial charge in [-0.05, 0) is 77.3 Å². The van der Waals surface area contributed by atoms with E-state index in [-0.39, 0.29) is 69.6 Å². The first kappa shape index (κ1) is 45.7. The Labute approximate surface area is 355 Å². The second-order valence-electron chi connectivity index (χ2n) is 16.3. The SMILES string of the molecule is CCC[C@H]1N(C(=O)c2cnccc2C(F)(F)F)CCC[C@@]1(Oc1csc(C(F)(F)F)c1)C(=O)N1CCC(C#N)(c2ccccc2OC(C)CCC2(C(=O)OCC)CCC2)CC1. The largest absolute Gasteiger partial charge is 0.490 e. The number of nitriles is 1. The summed E-state index contributed by atoms with van der Waals surface area (Å²) in [6, 6.07) is 9.95. The second kappa shape index (κ2) is 18.2. The number of alkyl halides is 6. The molecule has 3 aromatic rings. The van der Waals surface area contributed by atoms with Gasteiger partial charge in [0, 0.05) is 55.5 Å². The molecule has 2 amide bonds. The lowest BCUT2D eigenvalue weighted by Gasteiger charge is -2.51. The van der Waals surface area contributed by atoms with Crippen LogP contribution in [0.2, 0.25) is 0 Å². The van der Waals surface area contributed by atoms with Crippen molar-refractivity contribution in [2.75, 3.05) is 26.2 Å². The van der Waals surface area contributed by atoms with Crippen LogP contribution < -0.4 is 9.47 Å². The molecule has 330 valence electrons. The number of pyridine rings is 1. The van der Waals surface area contributed by atoms with E-state index in [1.807, 2.05) is 13.0 Å². The number of hydrogen-bond donors (Lipinski definition) is 0. The van der Waals surface area contributed by atoms with E-state index >= 15 is 4.79 Å². The van der Waals surface area contributed by atoms with Gasteiger partial charge in [-0.15, -0.1) is 11.3 Å². The molecular formula is C44H50F6N4O6S. The molecule has 0 radical (unpaired) electrons. The average molecular weight is 877 g/mol. The lowest BCUT2D eigenvalue weighted by atomic mass is 9.66. The number of amides is 2. The Bertz CT molecular complexity index is 2090. The Kier molecular flexibility index (Phi) is 13.7. The quantitative estimate of drug-likeness (QED) is 0.116. The van der Waals surface area contributed by atoms with Gasteiger partial charge in [0.2, 0.25) is 5.60 Å². The maximum Gasteiger partial charge on any atom is 0.425 e. The molecule has 10 nitrogen and oxygen atoms in total. The molecule has 3 fully saturated rings. The molecule has 6 rings (SSSR count). The minimum atomic E-state index is -4.90. The van der Waals surface area contributed by atoms with Crippen LogP contribution in [0.1, 0.15) is 118 Å². The second-order valence-corrected chi connectivity index (χ2v) is 17.2. The predicted octanol–water partition coefficient (Wildman–Crippen LogP) is 9.77. The number of nitrogens with zero attached hydrogens (tertiary/aromatic N) is 4. The third-order valence-electron chi connectivity index (χ3n) is 12.5. The Morgan fingerprint density at radius 1 is 0.984 bits per heavy atom. The monoisotopic (exact) mass is 876 g/mol. The van der Waals surface area contributed by atoms with Crippen LogP contribution >= 0.6 is 11.3 Å². The van der Waals surface area contributed by atoms with E-state index in [0.717, 1.165) is 43.1 Å². The van der Waals surface area contributed by atoms with E-state index in [9.17, 15) is 41.2 Å².